The van der Waals surface area contributed by atoms with Crippen LogP contribution < -0.4 is 5.32 Å². The highest BCUT2D eigenvalue weighted by molar-refractivity contribution is 9.10. The third-order valence-electron chi connectivity index (χ3n) is 3.01. The van der Waals surface area contributed by atoms with E-state index in [1.165, 1.54) is 6.07 Å². The zero-order valence-corrected chi connectivity index (χ0v) is 13.2. The van der Waals surface area contributed by atoms with Gasteiger partial charge in [0, 0.05) is 17.3 Å². The Morgan fingerprint density at radius 1 is 1.30 bits per heavy atom. The quantitative estimate of drug-likeness (QED) is 0.830. The lowest BCUT2D eigenvalue weighted by Crippen LogP contribution is -2.12. The maximum Gasteiger partial charge on any atom is 0.137 e. The summed E-state index contributed by atoms with van der Waals surface area (Å²) in [6.45, 7) is 2.15. The molecule has 0 aliphatic rings. The SMILES string of the molecule is Cc1cc(F)c(Br)cc1NCC(O)c1ccc(Cl)cc1. The summed E-state index contributed by atoms with van der Waals surface area (Å²) in [5.74, 6) is -0.300. The third kappa shape index (κ3) is 3.72. The molecule has 1 unspecified atom stereocenters. The number of hydrogen-bond acceptors (Lipinski definition) is 2. The maximum absolute atomic E-state index is 13.3. The number of halogens is 3. The summed E-state index contributed by atoms with van der Waals surface area (Å²) >= 11 is 8.95. The summed E-state index contributed by atoms with van der Waals surface area (Å²) < 4.78 is 13.7. The highest BCUT2D eigenvalue weighted by Crippen LogP contribution is 2.25. The minimum Gasteiger partial charge on any atom is -0.387 e. The first-order chi connectivity index (χ1) is 9.47. The Kier molecular flexibility index (Phi) is 5.02. The number of benzene rings is 2. The van der Waals surface area contributed by atoms with Gasteiger partial charge < -0.3 is 10.4 Å². The van der Waals surface area contributed by atoms with Crippen molar-refractivity contribution in [1.82, 2.24) is 0 Å². The number of aliphatic hydroxyl groups is 1. The average molecular weight is 359 g/mol. The Bertz CT molecular complexity index is 604. The fourth-order valence-corrected chi connectivity index (χ4v) is 2.32. The first-order valence-corrected chi connectivity index (χ1v) is 7.27. The normalized spacial score (nSPS) is 12.2. The largest absolute Gasteiger partial charge is 0.387 e. The molecular weight excluding hydrogens is 345 g/mol. The molecule has 2 aromatic rings. The number of aliphatic hydroxyl groups excluding tert-OH is 1. The molecule has 0 fully saturated rings. The second-order valence-corrected chi connectivity index (χ2v) is 5.82. The van der Waals surface area contributed by atoms with Gasteiger partial charge in [-0.05, 0) is 58.2 Å². The molecule has 0 spiro atoms. The molecule has 106 valence electrons. The van der Waals surface area contributed by atoms with Gasteiger partial charge in [-0.15, -0.1) is 0 Å². The van der Waals surface area contributed by atoms with E-state index >= 15 is 0 Å². The van der Waals surface area contributed by atoms with Crippen molar-refractivity contribution in [3.8, 4) is 0 Å². The van der Waals surface area contributed by atoms with Crippen molar-refractivity contribution in [3.63, 3.8) is 0 Å². The van der Waals surface area contributed by atoms with Gasteiger partial charge in [-0.3, -0.25) is 0 Å². The number of nitrogens with one attached hydrogen (secondary N) is 1. The van der Waals surface area contributed by atoms with Crippen LogP contribution >= 0.6 is 27.5 Å². The Balaban J connectivity index is 2.05. The molecule has 5 heteroatoms. The zero-order chi connectivity index (χ0) is 14.7. The van der Waals surface area contributed by atoms with Crippen LogP contribution in [0.4, 0.5) is 10.1 Å². The number of aryl methyl sites for hydroxylation is 1. The Morgan fingerprint density at radius 3 is 2.60 bits per heavy atom. The Hall–Kier alpha value is -1.10. The molecular formula is C15H14BrClFNO. The summed E-state index contributed by atoms with van der Waals surface area (Å²) in [5.41, 5.74) is 2.35. The molecule has 0 aliphatic carbocycles. The molecule has 20 heavy (non-hydrogen) atoms. The highest BCUT2D eigenvalue weighted by Gasteiger charge is 2.09. The third-order valence-corrected chi connectivity index (χ3v) is 3.87. The summed E-state index contributed by atoms with van der Waals surface area (Å²) in [7, 11) is 0. The smallest absolute Gasteiger partial charge is 0.137 e. The molecule has 2 rings (SSSR count). The van der Waals surface area contributed by atoms with Crippen LogP contribution in [0.15, 0.2) is 40.9 Å². The van der Waals surface area contributed by atoms with Crippen LogP contribution in [0.2, 0.25) is 5.02 Å². The molecule has 0 saturated heterocycles. The molecule has 0 heterocycles. The van der Waals surface area contributed by atoms with Crippen LogP contribution in [0.5, 0.6) is 0 Å². The van der Waals surface area contributed by atoms with Crippen LogP contribution in [0.3, 0.4) is 0 Å². The fraction of sp³-hybridized carbons (Fsp3) is 0.200. The predicted molar refractivity (Wildman–Crippen MR) is 83.7 cm³/mol. The first-order valence-electron chi connectivity index (χ1n) is 6.10. The van der Waals surface area contributed by atoms with Crippen molar-refractivity contribution in [2.45, 2.75) is 13.0 Å². The van der Waals surface area contributed by atoms with Gasteiger partial charge in [0.05, 0.1) is 10.6 Å². The zero-order valence-electron chi connectivity index (χ0n) is 10.8. The van der Waals surface area contributed by atoms with E-state index in [1.54, 1.807) is 30.3 Å². The van der Waals surface area contributed by atoms with Crippen molar-refractivity contribution in [1.29, 1.82) is 0 Å². The summed E-state index contributed by atoms with van der Waals surface area (Å²) in [4.78, 5) is 0. The van der Waals surface area contributed by atoms with Gasteiger partial charge in [0.15, 0.2) is 0 Å². The van der Waals surface area contributed by atoms with Gasteiger partial charge in [0.2, 0.25) is 0 Å². The van der Waals surface area contributed by atoms with Crippen molar-refractivity contribution >= 4 is 33.2 Å². The summed E-state index contributed by atoms with van der Waals surface area (Å²) in [6.07, 6.45) is -0.657. The lowest BCUT2D eigenvalue weighted by Gasteiger charge is -2.15. The van der Waals surface area contributed by atoms with E-state index in [1.807, 2.05) is 6.92 Å². The molecule has 0 saturated carbocycles. The van der Waals surface area contributed by atoms with E-state index in [2.05, 4.69) is 21.2 Å². The Labute approximate surface area is 130 Å². The van der Waals surface area contributed by atoms with Crippen LogP contribution in [-0.4, -0.2) is 11.7 Å². The number of hydrogen-bond donors (Lipinski definition) is 2. The summed E-state index contributed by atoms with van der Waals surface area (Å²) in [5, 5.41) is 13.8. The second kappa shape index (κ2) is 6.57. The predicted octanol–water partition coefficient (Wildman–Crippen LogP) is 4.70. The van der Waals surface area contributed by atoms with Crippen LogP contribution in [0, 0.1) is 12.7 Å². The van der Waals surface area contributed by atoms with Crippen LogP contribution in [-0.2, 0) is 0 Å². The van der Waals surface area contributed by atoms with Gasteiger partial charge in [0.25, 0.3) is 0 Å². The van der Waals surface area contributed by atoms with Crippen molar-refractivity contribution < 1.29 is 9.50 Å². The van der Waals surface area contributed by atoms with Gasteiger partial charge in [-0.1, -0.05) is 23.7 Å². The van der Waals surface area contributed by atoms with Crippen LogP contribution in [0.1, 0.15) is 17.2 Å². The number of anilines is 1. The molecule has 1 atom stereocenters. The van der Waals surface area contributed by atoms with E-state index in [4.69, 9.17) is 11.6 Å². The van der Waals surface area contributed by atoms with E-state index < -0.39 is 6.10 Å². The average Bonchev–Trinajstić information content (AvgIpc) is 2.42. The minimum atomic E-state index is -0.657. The monoisotopic (exact) mass is 357 g/mol. The van der Waals surface area contributed by atoms with Gasteiger partial charge in [0.1, 0.15) is 5.82 Å². The van der Waals surface area contributed by atoms with Crippen molar-refractivity contribution in [3.05, 3.63) is 62.8 Å². The highest BCUT2D eigenvalue weighted by atomic mass is 79.9. The second-order valence-electron chi connectivity index (χ2n) is 4.53. The molecule has 0 radical (unpaired) electrons. The van der Waals surface area contributed by atoms with Gasteiger partial charge in [-0.25, -0.2) is 4.39 Å². The van der Waals surface area contributed by atoms with E-state index in [0.29, 0.717) is 16.0 Å². The van der Waals surface area contributed by atoms with E-state index in [9.17, 15) is 9.50 Å². The molecule has 0 aliphatic heterocycles. The minimum absolute atomic E-state index is 0.300. The van der Waals surface area contributed by atoms with Gasteiger partial charge in [-0.2, -0.15) is 0 Å². The van der Waals surface area contributed by atoms with Crippen molar-refractivity contribution in [2.24, 2.45) is 0 Å². The molecule has 2 aromatic carbocycles. The first kappa shape index (κ1) is 15.3. The van der Waals surface area contributed by atoms with Gasteiger partial charge >= 0.3 is 0 Å². The maximum atomic E-state index is 13.3. The Morgan fingerprint density at radius 2 is 1.95 bits per heavy atom. The summed E-state index contributed by atoms with van der Waals surface area (Å²) in [6, 6.07) is 10.1. The molecule has 0 aromatic heterocycles. The molecule has 2 nitrogen and oxygen atoms in total. The van der Waals surface area contributed by atoms with Crippen molar-refractivity contribution in [2.75, 3.05) is 11.9 Å². The standard InChI is InChI=1S/C15H14BrClFNO/c1-9-6-13(18)12(16)7-14(9)19-8-15(20)10-2-4-11(17)5-3-10/h2-7,15,19-20H,8H2,1H3. The lowest BCUT2D eigenvalue weighted by atomic mass is 10.1. The molecule has 2 N–H and O–H groups in total. The van der Waals surface area contributed by atoms with E-state index in [0.717, 1.165) is 16.8 Å². The fourth-order valence-electron chi connectivity index (χ4n) is 1.85. The number of rotatable bonds is 4. The molecule has 0 amide bonds. The van der Waals surface area contributed by atoms with E-state index in [-0.39, 0.29) is 5.82 Å². The molecule has 0 bridgehead atoms. The van der Waals surface area contributed by atoms with Crippen LogP contribution in [0.25, 0.3) is 0 Å². The topological polar surface area (TPSA) is 32.3 Å². The lowest BCUT2D eigenvalue weighted by molar-refractivity contribution is 0.191.